The van der Waals surface area contributed by atoms with Gasteiger partial charge in [0, 0.05) is 11.3 Å². The highest BCUT2D eigenvalue weighted by Gasteiger charge is 2.25. The second kappa shape index (κ2) is 11.0. The summed E-state index contributed by atoms with van der Waals surface area (Å²) in [6.07, 6.45) is 0. The van der Waals surface area contributed by atoms with Gasteiger partial charge in [0.15, 0.2) is 0 Å². The van der Waals surface area contributed by atoms with Gasteiger partial charge < -0.3 is 20.1 Å². The zero-order chi connectivity index (χ0) is 22.9. The number of methoxy groups -OCH3 is 1. The van der Waals surface area contributed by atoms with Gasteiger partial charge in [0.2, 0.25) is 5.91 Å². The van der Waals surface area contributed by atoms with Crippen LogP contribution in [-0.2, 0) is 11.4 Å². The molecule has 0 radical (unpaired) electrons. The molecule has 0 aromatic heterocycles. The minimum absolute atomic E-state index is 0.0920. The Bertz CT molecular complexity index is 1020. The molecule has 2 N–H and O–H groups in total. The molecule has 0 heterocycles. The minimum atomic E-state index is -0.682. The number of carbonyl (C=O) groups excluding carboxylic acids is 2. The third-order valence-corrected chi connectivity index (χ3v) is 4.96. The van der Waals surface area contributed by atoms with Crippen molar-refractivity contribution in [3.8, 4) is 11.5 Å². The Hall–Kier alpha value is -3.80. The summed E-state index contributed by atoms with van der Waals surface area (Å²) in [7, 11) is 1.57. The van der Waals surface area contributed by atoms with Crippen molar-refractivity contribution in [3.63, 3.8) is 0 Å². The fourth-order valence-corrected chi connectivity index (χ4v) is 3.10. The molecule has 0 aliphatic heterocycles. The number of ether oxygens (including phenoxy) is 2. The molecule has 0 fully saturated rings. The summed E-state index contributed by atoms with van der Waals surface area (Å²) in [5.41, 5.74) is 2.17. The highest BCUT2D eigenvalue weighted by atomic mass is 16.5. The molecule has 32 heavy (non-hydrogen) atoms. The maximum absolute atomic E-state index is 12.8. The van der Waals surface area contributed by atoms with Crippen LogP contribution in [0, 0.1) is 5.92 Å². The van der Waals surface area contributed by atoms with Crippen LogP contribution < -0.4 is 20.1 Å². The van der Waals surface area contributed by atoms with E-state index in [9.17, 15) is 9.59 Å². The van der Waals surface area contributed by atoms with Gasteiger partial charge in [0.25, 0.3) is 5.91 Å². The Labute approximate surface area is 188 Å². The summed E-state index contributed by atoms with van der Waals surface area (Å²) in [4.78, 5) is 25.4. The van der Waals surface area contributed by atoms with Crippen LogP contribution in [0.15, 0.2) is 78.9 Å². The fraction of sp³-hybridized carbons (Fsp3) is 0.231. The first-order valence-corrected chi connectivity index (χ1v) is 10.5. The Kier molecular flexibility index (Phi) is 7.86. The first kappa shape index (κ1) is 22.9. The highest BCUT2D eigenvalue weighted by Crippen LogP contribution is 2.18. The van der Waals surface area contributed by atoms with Crippen molar-refractivity contribution in [1.29, 1.82) is 0 Å². The molecule has 3 aromatic carbocycles. The van der Waals surface area contributed by atoms with Crippen LogP contribution in [0.1, 0.15) is 29.8 Å². The van der Waals surface area contributed by atoms with E-state index in [0.717, 1.165) is 5.56 Å². The van der Waals surface area contributed by atoms with Crippen LogP contribution in [-0.4, -0.2) is 25.0 Å². The second-order valence-electron chi connectivity index (χ2n) is 7.71. The number of hydrogen-bond acceptors (Lipinski definition) is 4. The third kappa shape index (κ3) is 6.35. The van der Waals surface area contributed by atoms with Gasteiger partial charge in [-0.05, 0) is 60.0 Å². The Balaban J connectivity index is 1.58. The molecule has 0 saturated carbocycles. The van der Waals surface area contributed by atoms with Gasteiger partial charge in [-0.1, -0.05) is 44.2 Å². The van der Waals surface area contributed by atoms with E-state index in [1.165, 1.54) is 0 Å². The molecule has 0 saturated heterocycles. The fourth-order valence-electron chi connectivity index (χ4n) is 3.10. The van der Waals surface area contributed by atoms with Crippen molar-refractivity contribution in [2.24, 2.45) is 5.92 Å². The molecular weight excluding hydrogens is 404 g/mol. The summed E-state index contributed by atoms with van der Waals surface area (Å²) >= 11 is 0. The number of rotatable bonds is 9. The number of amides is 2. The van der Waals surface area contributed by atoms with E-state index >= 15 is 0 Å². The van der Waals surface area contributed by atoms with Crippen molar-refractivity contribution in [2.75, 3.05) is 12.4 Å². The molecule has 6 nitrogen and oxygen atoms in total. The highest BCUT2D eigenvalue weighted by molar-refractivity contribution is 6.01. The molecule has 0 spiro atoms. The maximum Gasteiger partial charge on any atom is 0.251 e. The Morgan fingerprint density at radius 1 is 0.844 bits per heavy atom. The lowest BCUT2D eigenvalue weighted by Crippen LogP contribution is -2.47. The van der Waals surface area contributed by atoms with Crippen LogP contribution in [0.3, 0.4) is 0 Å². The molecule has 1 atom stereocenters. The lowest BCUT2D eigenvalue weighted by atomic mass is 10.0. The van der Waals surface area contributed by atoms with Crippen LogP contribution in [0.25, 0.3) is 0 Å². The predicted octanol–water partition coefficient (Wildman–Crippen LogP) is 4.67. The summed E-state index contributed by atoms with van der Waals surface area (Å²) in [5.74, 6) is 0.688. The Morgan fingerprint density at radius 2 is 1.47 bits per heavy atom. The van der Waals surface area contributed by atoms with Gasteiger partial charge in [-0.15, -0.1) is 0 Å². The lowest BCUT2D eigenvalue weighted by molar-refractivity contribution is -0.118. The largest absolute Gasteiger partial charge is 0.497 e. The topological polar surface area (TPSA) is 76.7 Å². The van der Waals surface area contributed by atoms with Crippen LogP contribution in [0.5, 0.6) is 11.5 Å². The molecule has 0 aliphatic rings. The monoisotopic (exact) mass is 432 g/mol. The number of nitrogens with one attached hydrogen (secondary N) is 2. The van der Waals surface area contributed by atoms with Crippen molar-refractivity contribution >= 4 is 17.5 Å². The van der Waals surface area contributed by atoms with Gasteiger partial charge in [-0.25, -0.2) is 0 Å². The minimum Gasteiger partial charge on any atom is -0.497 e. The number of benzene rings is 3. The molecular formula is C26H28N2O4. The normalized spacial score (nSPS) is 11.5. The first-order chi connectivity index (χ1) is 15.5. The van der Waals surface area contributed by atoms with Crippen LogP contribution >= 0.6 is 0 Å². The average molecular weight is 433 g/mol. The second-order valence-corrected chi connectivity index (χ2v) is 7.71. The van der Waals surface area contributed by atoms with E-state index < -0.39 is 6.04 Å². The average Bonchev–Trinajstić information content (AvgIpc) is 2.82. The van der Waals surface area contributed by atoms with E-state index in [2.05, 4.69) is 10.6 Å². The molecule has 0 bridgehead atoms. The van der Waals surface area contributed by atoms with E-state index in [1.54, 1.807) is 55.6 Å². The van der Waals surface area contributed by atoms with Crippen molar-refractivity contribution in [2.45, 2.75) is 26.5 Å². The predicted molar refractivity (Wildman–Crippen MR) is 125 cm³/mol. The first-order valence-electron chi connectivity index (χ1n) is 10.5. The molecule has 166 valence electrons. The van der Waals surface area contributed by atoms with Gasteiger partial charge in [-0.3, -0.25) is 9.59 Å². The summed E-state index contributed by atoms with van der Waals surface area (Å²) in [6.45, 7) is 4.25. The SMILES string of the molecule is COc1ccc(C(=O)N[C@H](C(=O)Nc2ccc(OCc3ccccc3)cc2)C(C)C)cc1. The summed E-state index contributed by atoms with van der Waals surface area (Å²) in [6, 6.07) is 23.1. The lowest BCUT2D eigenvalue weighted by Gasteiger charge is -2.22. The zero-order valence-corrected chi connectivity index (χ0v) is 18.5. The summed E-state index contributed by atoms with van der Waals surface area (Å²) in [5, 5.41) is 5.69. The molecule has 2 amide bonds. The van der Waals surface area contributed by atoms with E-state index in [-0.39, 0.29) is 17.7 Å². The molecule has 6 heteroatoms. The standard InChI is InChI=1S/C26H28N2O4/c1-18(2)24(28-25(29)20-9-13-22(31-3)14-10-20)26(30)27-21-11-15-23(16-12-21)32-17-19-7-5-4-6-8-19/h4-16,18,24H,17H2,1-3H3,(H,27,30)(H,28,29)/t24-/m0/s1. The van der Waals surface area contributed by atoms with E-state index in [0.29, 0.717) is 29.4 Å². The Morgan fingerprint density at radius 3 is 2.06 bits per heavy atom. The quantitative estimate of drug-likeness (QED) is 0.515. The summed E-state index contributed by atoms with van der Waals surface area (Å²) < 4.78 is 10.9. The molecule has 0 aliphatic carbocycles. The number of carbonyl (C=O) groups is 2. The molecule has 3 rings (SSSR count). The van der Waals surface area contributed by atoms with Gasteiger partial charge in [0.1, 0.15) is 24.1 Å². The van der Waals surface area contributed by atoms with Crippen molar-refractivity contribution in [1.82, 2.24) is 5.32 Å². The number of anilines is 1. The van der Waals surface area contributed by atoms with Crippen molar-refractivity contribution in [3.05, 3.63) is 90.0 Å². The van der Waals surface area contributed by atoms with Crippen LogP contribution in [0.2, 0.25) is 0 Å². The number of hydrogen-bond donors (Lipinski definition) is 2. The van der Waals surface area contributed by atoms with E-state index in [4.69, 9.17) is 9.47 Å². The molecule has 3 aromatic rings. The van der Waals surface area contributed by atoms with E-state index in [1.807, 2.05) is 44.2 Å². The maximum atomic E-state index is 12.8. The van der Waals surface area contributed by atoms with Crippen molar-refractivity contribution < 1.29 is 19.1 Å². The van der Waals surface area contributed by atoms with Gasteiger partial charge in [-0.2, -0.15) is 0 Å². The van der Waals surface area contributed by atoms with Gasteiger partial charge in [0.05, 0.1) is 7.11 Å². The smallest absolute Gasteiger partial charge is 0.251 e. The molecule has 0 unspecified atom stereocenters. The third-order valence-electron chi connectivity index (χ3n) is 4.96. The van der Waals surface area contributed by atoms with Crippen LogP contribution in [0.4, 0.5) is 5.69 Å². The zero-order valence-electron chi connectivity index (χ0n) is 18.5. The van der Waals surface area contributed by atoms with Gasteiger partial charge >= 0.3 is 0 Å².